The average molecular weight is 558 g/mol. The minimum absolute atomic E-state index is 0.0217. The molecule has 3 aromatic rings. The van der Waals surface area contributed by atoms with E-state index in [1.54, 1.807) is 30.3 Å². The van der Waals surface area contributed by atoms with Gasteiger partial charge in [-0.2, -0.15) is 5.26 Å². The van der Waals surface area contributed by atoms with Gasteiger partial charge in [-0.1, -0.05) is 48.5 Å². The monoisotopic (exact) mass is 556 g/mol. The Morgan fingerprint density at radius 2 is 1.75 bits per heavy atom. The molecule has 3 aromatic carbocycles. The van der Waals surface area contributed by atoms with Gasteiger partial charge in [0.2, 0.25) is 0 Å². The van der Waals surface area contributed by atoms with Gasteiger partial charge in [0, 0.05) is 5.56 Å². The van der Waals surface area contributed by atoms with E-state index in [0.717, 1.165) is 5.56 Å². The molecular weight excluding hydrogens is 539 g/mol. The van der Waals surface area contributed by atoms with E-state index in [2.05, 4.69) is 37.2 Å². The third kappa shape index (κ3) is 6.06. The summed E-state index contributed by atoms with van der Waals surface area (Å²) >= 11 is 6.90. The van der Waals surface area contributed by atoms with Gasteiger partial charge < -0.3 is 10.1 Å². The molecule has 0 aromatic heterocycles. The van der Waals surface area contributed by atoms with Gasteiger partial charge in [-0.3, -0.25) is 4.79 Å². The van der Waals surface area contributed by atoms with Gasteiger partial charge in [-0.05, 0) is 74.2 Å². The normalized spacial score (nSPS) is 12.0. The smallest absolute Gasteiger partial charge is 0.262 e. The minimum Gasteiger partial charge on any atom is -0.486 e. The van der Waals surface area contributed by atoms with Gasteiger partial charge in [0.15, 0.2) is 0 Å². The van der Waals surface area contributed by atoms with Crippen LogP contribution in [0.25, 0.3) is 6.08 Å². The summed E-state index contributed by atoms with van der Waals surface area (Å²) in [5.74, 6) is -0.309. The van der Waals surface area contributed by atoms with Gasteiger partial charge in [-0.15, -0.1) is 0 Å². The summed E-state index contributed by atoms with van der Waals surface area (Å²) in [5.41, 5.74) is 1.99. The molecule has 0 heterocycles. The zero-order chi connectivity index (χ0) is 23.1. The molecule has 0 aliphatic carbocycles. The zero-order valence-corrected chi connectivity index (χ0v) is 20.3. The van der Waals surface area contributed by atoms with Crippen molar-refractivity contribution >= 4 is 43.8 Å². The summed E-state index contributed by atoms with van der Waals surface area (Å²) in [7, 11) is 0. The van der Waals surface area contributed by atoms with Crippen LogP contribution >= 0.6 is 31.9 Å². The summed E-state index contributed by atoms with van der Waals surface area (Å²) < 4.78 is 20.8. The van der Waals surface area contributed by atoms with Crippen molar-refractivity contribution in [1.82, 2.24) is 5.32 Å². The number of amides is 1. The third-order valence-corrected chi connectivity index (χ3v) is 5.85. The van der Waals surface area contributed by atoms with Crippen molar-refractivity contribution in [1.29, 1.82) is 5.26 Å². The summed E-state index contributed by atoms with van der Waals surface area (Å²) in [4.78, 5) is 12.6. The SMILES string of the molecule is C[C@H](NC(=O)/C(C#N)=C\c1cc(Br)c(OCc2ccccc2F)c(Br)c1)c1ccccc1. The largest absolute Gasteiger partial charge is 0.486 e. The minimum atomic E-state index is -0.462. The first-order valence-electron chi connectivity index (χ1n) is 9.72. The Morgan fingerprint density at radius 1 is 1.12 bits per heavy atom. The first kappa shape index (κ1) is 23.7. The highest BCUT2D eigenvalue weighted by Gasteiger charge is 2.15. The number of benzene rings is 3. The van der Waals surface area contributed by atoms with E-state index in [1.165, 1.54) is 12.1 Å². The second kappa shape index (κ2) is 11.1. The first-order valence-corrected chi connectivity index (χ1v) is 11.3. The van der Waals surface area contributed by atoms with Gasteiger partial charge in [0.1, 0.15) is 29.8 Å². The van der Waals surface area contributed by atoms with Crippen molar-refractivity contribution in [3.05, 3.63) is 104 Å². The highest BCUT2D eigenvalue weighted by Crippen LogP contribution is 2.36. The van der Waals surface area contributed by atoms with Crippen LogP contribution in [0.1, 0.15) is 29.7 Å². The lowest BCUT2D eigenvalue weighted by atomic mass is 10.1. The maximum absolute atomic E-state index is 13.8. The van der Waals surface area contributed by atoms with E-state index in [9.17, 15) is 14.4 Å². The number of nitrogens with zero attached hydrogens (tertiary/aromatic N) is 1. The number of hydrogen-bond acceptors (Lipinski definition) is 3. The lowest BCUT2D eigenvalue weighted by Gasteiger charge is -2.14. The lowest BCUT2D eigenvalue weighted by molar-refractivity contribution is -0.117. The maximum Gasteiger partial charge on any atom is 0.262 e. The van der Waals surface area contributed by atoms with Crippen molar-refractivity contribution < 1.29 is 13.9 Å². The summed E-state index contributed by atoms with van der Waals surface area (Å²) in [5, 5.41) is 12.3. The van der Waals surface area contributed by atoms with E-state index in [1.807, 2.05) is 43.3 Å². The summed E-state index contributed by atoms with van der Waals surface area (Å²) in [6.07, 6.45) is 1.50. The molecule has 0 spiro atoms. The maximum atomic E-state index is 13.8. The Labute approximate surface area is 203 Å². The molecule has 0 radical (unpaired) electrons. The van der Waals surface area contributed by atoms with E-state index in [4.69, 9.17) is 4.74 Å². The molecule has 1 amide bonds. The van der Waals surface area contributed by atoms with Crippen LogP contribution in [-0.2, 0) is 11.4 Å². The van der Waals surface area contributed by atoms with Crippen LogP contribution in [0.2, 0.25) is 0 Å². The predicted octanol–water partition coefficient (Wildman–Crippen LogP) is 6.71. The molecule has 4 nitrogen and oxygen atoms in total. The van der Waals surface area contributed by atoms with Crippen LogP contribution in [0.3, 0.4) is 0 Å². The first-order chi connectivity index (χ1) is 15.4. The number of halogens is 3. The van der Waals surface area contributed by atoms with Crippen LogP contribution in [0.5, 0.6) is 5.75 Å². The lowest BCUT2D eigenvalue weighted by Crippen LogP contribution is -2.27. The average Bonchev–Trinajstić information content (AvgIpc) is 2.78. The second-order valence-corrected chi connectivity index (χ2v) is 8.68. The molecule has 162 valence electrons. The standard InChI is InChI=1S/C25H19Br2FN2O2/c1-16(18-7-3-2-4-8-18)30-25(31)20(14-29)11-17-12-21(26)24(22(27)13-17)32-15-19-9-5-6-10-23(19)28/h2-13,16H,15H2,1H3,(H,30,31)/b20-11-/t16-/m0/s1. The molecule has 1 atom stereocenters. The molecule has 32 heavy (non-hydrogen) atoms. The predicted molar refractivity (Wildman–Crippen MR) is 129 cm³/mol. The molecule has 0 saturated carbocycles. The Balaban J connectivity index is 1.75. The third-order valence-electron chi connectivity index (χ3n) is 4.67. The van der Waals surface area contributed by atoms with Crippen LogP contribution < -0.4 is 10.1 Å². The molecule has 1 N–H and O–H groups in total. The van der Waals surface area contributed by atoms with Gasteiger partial charge in [0.25, 0.3) is 5.91 Å². The molecule has 0 aliphatic heterocycles. The number of hydrogen-bond donors (Lipinski definition) is 1. The van der Waals surface area contributed by atoms with Crippen LogP contribution in [0.4, 0.5) is 4.39 Å². The number of rotatable bonds is 7. The highest BCUT2D eigenvalue weighted by atomic mass is 79.9. The number of ether oxygens (including phenoxy) is 1. The summed E-state index contributed by atoms with van der Waals surface area (Å²) in [6, 6.07) is 21.1. The number of nitrogens with one attached hydrogen (secondary N) is 1. The van der Waals surface area contributed by atoms with E-state index < -0.39 is 5.91 Å². The fraction of sp³-hybridized carbons (Fsp3) is 0.120. The van der Waals surface area contributed by atoms with Gasteiger partial charge in [0.05, 0.1) is 15.0 Å². The van der Waals surface area contributed by atoms with Crippen molar-refractivity contribution in [3.8, 4) is 11.8 Å². The molecule has 0 unspecified atom stereocenters. The Kier molecular flexibility index (Phi) is 8.20. The Bertz CT molecular complexity index is 1170. The molecule has 0 aliphatic rings. The summed E-state index contributed by atoms with van der Waals surface area (Å²) in [6.45, 7) is 1.92. The molecular formula is C25H19Br2FN2O2. The Hall–Kier alpha value is -2.95. The molecule has 0 fully saturated rings. The number of carbonyl (C=O) groups excluding carboxylic acids is 1. The van der Waals surface area contributed by atoms with Crippen molar-refractivity contribution in [3.63, 3.8) is 0 Å². The fourth-order valence-corrected chi connectivity index (χ4v) is 4.43. The van der Waals surface area contributed by atoms with E-state index in [-0.39, 0.29) is 24.0 Å². The quantitative estimate of drug-likeness (QED) is 0.259. The highest BCUT2D eigenvalue weighted by molar-refractivity contribution is 9.11. The van der Waals surface area contributed by atoms with Crippen molar-refractivity contribution in [2.24, 2.45) is 0 Å². The molecule has 0 bridgehead atoms. The van der Waals surface area contributed by atoms with Crippen LogP contribution in [0.15, 0.2) is 81.2 Å². The van der Waals surface area contributed by atoms with Crippen LogP contribution in [0, 0.1) is 17.1 Å². The van der Waals surface area contributed by atoms with E-state index in [0.29, 0.717) is 25.8 Å². The number of nitriles is 1. The van der Waals surface area contributed by atoms with Gasteiger partial charge >= 0.3 is 0 Å². The number of carbonyl (C=O) groups is 1. The van der Waals surface area contributed by atoms with E-state index >= 15 is 0 Å². The molecule has 0 saturated heterocycles. The Morgan fingerprint density at radius 3 is 2.38 bits per heavy atom. The van der Waals surface area contributed by atoms with Crippen LogP contribution in [-0.4, -0.2) is 5.91 Å². The molecule has 3 rings (SSSR count). The fourth-order valence-electron chi connectivity index (χ4n) is 2.98. The zero-order valence-electron chi connectivity index (χ0n) is 17.1. The molecule has 7 heteroatoms. The topological polar surface area (TPSA) is 62.1 Å². The second-order valence-electron chi connectivity index (χ2n) is 6.97. The van der Waals surface area contributed by atoms with Gasteiger partial charge in [-0.25, -0.2) is 4.39 Å². The van der Waals surface area contributed by atoms with Crippen molar-refractivity contribution in [2.45, 2.75) is 19.6 Å². The van der Waals surface area contributed by atoms with Crippen molar-refractivity contribution in [2.75, 3.05) is 0 Å².